The van der Waals surface area contributed by atoms with Crippen molar-refractivity contribution in [2.24, 2.45) is 0 Å². The number of amides is 1. The monoisotopic (exact) mass is 815 g/mol. The second kappa shape index (κ2) is 20.3. The molecule has 4 aromatic carbocycles. The van der Waals surface area contributed by atoms with E-state index < -0.39 is 20.2 Å². The van der Waals surface area contributed by atoms with Crippen LogP contribution in [0.5, 0.6) is 11.5 Å². The fraction of sp³-hybridized carbons (Fsp3) is 0.311. The number of imidazole rings is 1. The third kappa shape index (κ3) is 10.1. The van der Waals surface area contributed by atoms with Gasteiger partial charge in [0.15, 0.2) is 17.0 Å². The summed E-state index contributed by atoms with van der Waals surface area (Å²) in [4.78, 5) is 26.8. The molecule has 6 aromatic rings. The number of fused-ring (bicyclic) bond motifs is 1. The third-order valence-corrected chi connectivity index (χ3v) is 11.8. The summed E-state index contributed by atoms with van der Waals surface area (Å²) >= 11 is 0. The van der Waals surface area contributed by atoms with Gasteiger partial charge in [0, 0.05) is 17.6 Å². The lowest BCUT2D eigenvalue weighted by Gasteiger charge is -2.39. The van der Waals surface area contributed by atoms with Crippen LogP contribution >= 0.6 is 8.53 Å². The van der Waals surface area contributed by atoms with E-state index >= 15 is 0 Å². The number of carbonyl (C=O) groups is 1. The van der Waals surface area contributed by atoms with E-state index in [-0.39, 0.29) is 50.0 Å². The molecule has 13 nitrogen and oxygen atoms in total. The van der Waals surface area contributed by atoms with Crippen LogP contribution in [0.15, 0.2) is 122 Å². The molecule has 6 rings (SSSR count). The Morgan fingerprint density at radius 1 is 0.814 bits per heavy atom. The van der Waals surface area contributed by atoms with E-state index in [0.29, 0.717) is 28.2 Å². The molecule has 0 radical (unpaired) electrons. The number of hydrogen-bond donors (Lipinski definition) is 1. The molecular weight excluding hydrogens is 766 g/mol. The summed E-state index contributed by atoms with van der Waals surface area (Å²) in [6, 6.07) is 37.0. The van der Waals surface area contributed by atoms with E-state index in [1.807, 2.05) is 89.5 Å². The molecule has 1 amide bonds. The summed E-state index contributed by atoms with van der Waals surface area (Å²) < 4.78 is 36.0. The molecule has 2 heterocycles. The predicted octanol–water partition coefficient (Wildman–Crippen LogP) is 8.77. The SMILES string of the molecule is COc1ccc(C(OC[C@H](Cn2cnc3c(NC(=O)c4ccccc4)ncnc32)OP(OCCC#N)N(C(C)C)C(C)C)(c2ccccc2)c2ccc(OC)cc2)cc1. The van der Waals surface area contributed by atoms with Gasteiger partial charge in [-0.15, -0.1) is 0 Å². The maximum absolute atomic E-state index is 13.2. The highest BCUT2D eigenvalue weighted by molar-refractivity contribution is 7.44. The van der Waals surface area contributed by atoms with Crippen molar-refractivity contribution in [3.63, 3.8) is 0 Å². The Balaban J connectivity index is 1.44. The first-order chi connectivity index (χ1) is 28.7. The van der Waals surface area contributed by atoms with Crippen molar-refractivity contribution in [3.05, 3.63) is 144 Å². The van der Waals surface area contributed by atoms with E-state index in [0.717, 1.165) is 16.7 Å². The topological polar surface area (TPSA) is 146 Å². The first kappa shape index (κ1) is 42.9. The number of ether oxygens (including phenoxy) is 3. The molecule has 2 aromatic heterocycles. The molecule has 306 valence electrons. The molecule has 59 heavy (non-hydrogen) atoms. The molecule has 2 atom stereocenters. The van der Waals surface area contributed by atoms with Crippen LogP contribution in [-0.4, -0.2) is 75.7 Å². The first-order valence-electron chi connectivity index (χ1n) is 19.4. The molecule has 0 bridgehead atoms. The van der Waals surface area contributed by atoms with Gasteiger partial charge in [-0.3, -0.25) is 4.79 Å². The van der Waals surface area contributed by atoms with Crippen LogP contribution < -0.4 is 14.8 Å². The van der Waals surface area contributed by atoms with Gasteiger partial charge in [0.1, 0.15) is 29.5 Å². The van der Waals surface area contributed by atoms with Gasteiger partial charge in [-0.25, -0.2) is 19.6 Å². The summed E-state index contributed by atoms with van der Waals surface area (Å²) in [6.45, 7) is 8.88. The molecule has 1 unspecified atom stereocenters. The number of nitrogens with one attached hydrogen (secondary N) is 1. The standard InChI is InChI=1S/C45H50N7O6P/c1-32(2)52(33(3)4)59(57-27-13-26-46)58-40(28-51-31-49-41-42(47-30-48-43(41)51)50-44(53)34-14-9-7-10-15-34)29-56-45(35-16-11-8-12-17-35,36-18-22-38(54-5)23-19-36)37-20-24-39(55-6)25-21-37/h7-12,14-25,30-33,40H,13,27-29H2,1-6H3,(H,47,48,50,53)/t40-,59?/m0/s1. The molecule has 0 saturated heterocycles. The minimum Gasteiger partial charge on any atom is -0.497 e. The van der Waals surface area contributed by atoms with Gasteiger partial charge in [-0.05, 0) is 80.8 Å². The lowest BCUT2D eigenvalue weighted by Crippen LogP contribution is -2.39. The summed E-state index contributed by atoms with van der Waals surface area (Å²) in [6.07, 6.45) is 2.61. The van der Waals surface area contributed by atoms with E-state index in [1.54, 1.807) is 44.8 Å². The van der Waals surface area contributed by atoms with E-state index in [1.165, 1.54) is 6.33 Å². The molecule has 0 spiro atoms. The zero-order valence-corrected chi connectivity index (χ0v) is 35.1. The van der Waals surface area contributed by atoms with Crippen molar-refractivity contribution in [2.75, 3.05) is 32.8 Å². The minimum absolute atomic E-state index is 0.0596. The van der Waals surface area contributed by atoms with Gasteiger partial charge in [-0.2, -0.15) is 5.26 Å². The highest BCUT2D eigenvalue weighted by atomic mass is 31.2. The Kier molecular flexibility index (Phi) is 14.7. The summed E-state index contributed by atoms with van der Waals surface area (Å²) in [5, 5.41) is 12.3. The lowest BCUT2D eigenvalue weighted by atomic mass is 9.80. The molecule has 0 fully saturated rings. The van der Waals surface area contributed by atoms with Crippen LogP contribution in [-0.2, 0) is 25.9 Å². The van der Waals surface area contributed by atoms with Crippen molar-refractivity contribution >= 4 is 31.4 Å². The normalized spacial score (nSPS) is 12.7. The van der Waals surface area contributed by atoms with Crippen molar-refractivity contribution in [2.45, 2.75) is 64.4 Å². The van der Waals surface area contributed by atoms with Crippen LogP contribution in [0.3, 0.4) is 0 Å². The van der Waals surface area contributed by atoms with E-state index in [4.69, 9.17) is 23.3 Å². The van der Waals surface area contributed by atoms with Crippen molar-refractivity contribution in [1.82, 2.24) is 24.2 Å². The molecule has 0 saturated carbocycles. The number of carbonyl (C=O) groups excluding carboxylic acids is 1. The van der Waals surface area contributed by atoms with Crippen LogP contribution in [0.25, 0.3) is 11.2 Å². The van der Waals surface area contributed by atoms with Crippen LogP contribution in [0, 0.1) is 11.3 Å². The smallest absolute Gasteiger partial charge is 0.259 e. The maximum atomic E-state index is 13.2. The third-order valence-electron chi connectivity index (χ3n) is 9.63. The van der Waals surface area contributed by atoms with Crippen LogP contribution in [0.2, 0.25) is 0 Å². The molecular formula is C45H50N7O6P. The number of aromatic nitrogens is 4. The molecule has 0 aliphatic carbocycles. The maximum Gasteiger partial charge on any atom is 0.259 e. The second-order valence-corrected chi connectivity index (χ2v) is 15.6. The van der Waals surface area contributed by atoms with Crippen molar-refractivity contribution in [1.29, 1.82) is 5.26 Å². The Hall–Kier alpha value is -5.74. The molecule has 1 N–H and O–H groups in total. The van der Waals surface area contributed by atoms with Gasteiger partial charge < -0.3 is 33.1 Å². The number of nitriles is 1. The number of hydrogen-bond acceptors (Lipinski definition) is 11. The minimum atomic E-state index is -1.70. The largest absolute Gasteiger partial charge is 0.497 e. The zero-order chi connectivity index (χ0) is 41.8. The summed E-state index contributed by atoms with van der Waals surface area (Å²) in [7, 11) is 1.58. The Morgan fingerprint density at radius 2 is 1.39 bits per heavy atom. The fourth-order valence-corrected chi connectivity index (χ4v) is 8.61. The second-order valence-electron chi connectivity index (χ2n) is 14.2. The summed E-state index contributed by atoms with van der Waals surface area (Å²) in [5.41, 5.74) is 2.91. The van der Waals surface area contributed by atoms with Gasteiger partial charge in [-0.1, -0.05) is 72.8 Å². The zero-order valence-electron chi connectivity index (χ0n) is 34.2. The number of benzene rings is 4. The fourth-order valence-electron chi connectivity index (χ4n) is 6.92. The highest BCUT2D eigenvalue weighted by Crippen LogP contribution is 2.48. The Bertz CT molecular complexity index is 2230. The van der Waals surface area contributed by atoms with Crippen LogP contribution in [0.4, 0.5) is 5.82 Å². The van der Waals surface area contributed by atoms with Crippen molar-refractivity contribution in [3.8, 4) is 17.6 Å². The number of nitrogens with zero attached hydrogens (tertiary/aromatic N) is 6. The first-order valence-corrected chi connectivity index (χ1v) is 20.6. The predicted molar refractivity (Wildman–Crippen MR) is 228 cm³/mol. The van der Waals surface area contributed by atoms with E-state index in [9.17, 15) is 10.1 Å². The van der Waals surface area contributed by atoms with Gasteiger partial charge >= 0.3 is 0 Å². The molecule has 0 aliphatic rings. The quantitative estimate of drug-likeness (QED) is 0.0448. The number of rotatable bonds is 20. The Labute approximate surface area is 346 Å². The van der Waals surface area contributed by atoms with Crippen molar-refractivity contribution < 1.29 is 28.1 Å². The summed E-state index contributed by atoms with van der Waals surface area (Å²) in [5.74, 6) is 1.39. The van der Waals surface area contributed by atoms with Gasteiger partial charge in [0.05, 0.1) is 52.8 Å². The van der Waals surface area contributed by atoms with E-state index in [2.05, 4.69) is 58.7 Å². The van der Waals surface area contributed by atoms with Gasteiger partial charge in [0.25, 0.3) is 14.4 Å². The van der Waals surface area contributed by atoms with Crippen LogP contribution in [0.1, 0.15) is 61.2 Å². The average Bonchev–Trinajstić information content (AvgIpc) is 3.68. The number of methoxy groups -OCH3 is 2. The average molecular weight is 816 g/mol. The number of anilines is 1. The highest BCUT2D eigenvalue weighted by Gasteiger charge is 2.40. The Morgan fingerprint density at radius 3 is 1.95 bits per heavy atom. The lowest BCUT2D eigenvalue weighted by molar-refractivity contribution is -0.0381. The molecule has 0 aliphatic heterocycles. The molecule has 14 heteroatoms. The van der Waals surface area contributed by atoms with Gasteiger partial charge in [0.2, 0.25) is 0 Å².